The van der Waals surface area contributed by atoms with Gasteiger partial charge in [-0.2, -0.15) is 0 Å². The van der Waals surface area contributed by atoms with Crippen LogP contribution in [-0.2, 0) is 9.59 Å². The lowest BCUT2D eigenvalue weighted by Gasteiger charge is -1.91. The average molecular weight is 169 g/mol. The van der Waals surface area contributed by atoms with Gasteiger partial charge in [0.25, 0.3) is 6.29 Å². The van der Waals surface area contributed by atoms with E-state index in [9.17, 15) is 9.59 Å². The third-order valence-corrected chi connectivity index (χ3v) is 1.63. The van der Waals surface area contributed by atoms with E-state index in [0.717, 1.165) is 11.3 Å². The van der Waals surface area contributed by atoms with Crippen LogP contribution < -0.4 is 5.32 Å². The van der Waals surface area contributed by atoms with Gasteiger partial charge in [0, 0.05) is 12.3 Å². The summed E-state index contributed by atoms with van der Waals surface area (Å²) in [5, 5.41) is 4.27. The lowest BCUT2D eigenvalue weighted by atomic mass is 10.6. The maximum absolute atomic E-state index is 10.5. The average Bonchev–Trinajstić information content (AvgIpc) is 2.34. The number of anilines is 1. The maximum atomic E-state index is 10.5. The molecule has 11 heavy (non-hydrogen) atoms. The Kier molecular flexibility index (Phi) is 2.32. The second-order valence-electron chi connectivity index (χ2n) is 1.82. The summed E-state index contributed by atoms with van der Waals surface area (Å²) in [4.78, 5) is 24.2. The monoisotopic (exact) mass is 169 g/mol. The van der Waals surface area contributed by atoms with Gasteiger partial charge in [0.15, 0.2) is 5.01 Å². The number of rotatable bonds is 2. The topological polar surface area (TPSA) is 59.1 Å². The Morgan fingerprint density at radius 1 is 1.82 bits per heavy atom. The fourth-order valence-corrected chi connectivity index (χ4v) is 1.09. The van der Waals surface area contributed by atoms with Gasteiger partial charge in [-0.05, 0) is 0 Å². The third kappa shape index (κ3) is 2.12. The number of carbonyl (C=O) groups is 1. The minimum atomic E-state index is -0.201. The molecular weight excluding hydrogens is 164 g/mol. The summed E-state index contributed by atoms with van der Waals surface area (Å²) >= 11 is 1.14. The van der Waals surface area contributed by atoms with E-state index in [0.29, 0.717) is 5.82 Å². The van der Waals surface area contributed by atoms with Gasteiger partial charge in [-0.25, -0.2) is 4.98 Å². The molecule has 1 N–H and O–H groups in total. The lowest BCUT2D eigenvalue weighted by molar-refractivity contribution is -0.114. The second kappa shape index (κ2) is 3.25. The first-order valence-electron chi connectivity index (χ1n) is 2.83. The molecule has 0 aliphatic rings. The maximum Gasteiger partial charge on any atom is 0.264 e. The van der Waals surface area contributed by atoms with Crippen molar-refractivity contribution in [3.63, 3.8) is 0 Å². The molecule has 0 aliphatic heterocycles. The minimum absolute atomic E-state index is 0.201. The zero-order valence-electron chi connectivity index (χ0n) is 5.75. The van der Waals surface area contributed by atoms with Crippen molar-refractivity contribution in [2.75, 3.05) is 5.32 Å². The second-order valence-corrected chi connectivity index (χ2v) is 2.68. The van der Waals surface area contributed by atoms with Crippen LogP contribution in [0.4, 0.5) is 5.82 Å². The fraction of sp³-hybridized carbons (Fsp3) is 0.167. The molecule has 57 valence electrons. The number of thiazole rings is 1. The molecule has 0 spiro atoms. The van der Waals surface area contributed by atoms with Crippen LogP contribution in [0.15, 0.2) is 5.38 Å². The molecular formula is C6H5N2O2S. The molecule has 1 aromatic heterocycles. The molecule has 0 aliphatic carbocycles. The van der Waals surface area contributed by atoms with E-state index in [1.165, 1.54) is 6.92 Å². The van der Waals surface area contributed by atoms with Gasteiger partial charge in [-0.15, -0.1) is 11.3 Å². The Bertz CT molecular complexity index is 282. The number of nitrogens with zero attached hydrogens (tertiary/aromatic N) is 1. The van der Waals surface area contributed by atoms with Crippen molar-refractivity contribution in [3.8, 4) is 0 Å². The molecule has 0 atom stereocenters. The Hall–Kier alpha value is -1.23. The Morgan fingerprint density at radius 2 is 2.55 bits per heavy atom. The van der Waals surface area contributed by atoms with Crippen LogP contribution in [0.5, 0.6) is 0 Å². The van der Waals surface area contributed by atoms with Gasteiger partial charge in [0.05, 0.1) is 0 Å². The molecule has 5 heteroatoms. The van der Waals surface area contributed by atoms with Crippen molar-refractivity contribution in [3.05, 3.63) is 10.4 Å². The van der Waals surface area contributed by atoms with Crippen molar-refractivity contribution in [1.29, 1.82) is 0 Å². The van der Waals surface area contributed by atoms with Crippen LogP contribution >= 0.6 is 11.3 Å². The zero-order valence-corrected chi connectivity index (χ0v) is 6.57. The van der Waals surface area contributed by atoms with E-state index >= 15 is 0 Å². The van der Waals surface area contributed by atoms with Gasteiger partial charge in [0.1, 0.15) is 5.82 Å². The highest BCUT2D eigenvalue weighted by Gasteiger charge is 2.01. The van der Waals surface area contributed by atoms with Crippen LogP contribution in [-0.4, -0.2) is 17.2 Å². The van der Waals surface area contributed by atoms with Crippen molar-refractivity contribution in [2.45, 2.75) is 6.92 Å². The molecule has 0 saturated carbocycles. The molecule has 0 aromatic carbocycles. The van der Waals surface area contributed by atoms with Gasteiger partial charge in [-0.3, -0.25) is 9.59 Å². The quantitative estimate of drug-likeness (QED) is 0.703. The van der Waals surface area contributed by atoms with Crippen molar-refractivity contribution < 1.29 is 9.59 Å². The number of carbonyl (C=O) groups excluding carboxylic acids is 2. The largest absolute Gasteiger partial charge is 0.310 e. The molecule has 0 saturated heterocycles. The predicted octanol–water partition coefficient (Wildman–Crippen LogP) is 0.559. The standard InChI is InChI=1S/C6H5N2O2S/c1-4(10)7-5-3-11-6(2-9)8-5/h3H,1H3,(H,7,10). The van der Waals surface area contributed by atoms with Crippen LogP contribution in [0.25, 0.3) is 0 Å². The normalized spacial score (nSPS) is 9.18. The number of amides is 1. The summed E-state index contributed by atoms with van der Waals surface area (Å²) in [6.45, 7) is 1.38. The van der Waals surface area contributed by atoms with E-state index in [1.807, 2.05) is 0 Å². The van der Waals surface area contributed by atoms with Crippen molar-refractivity contribution in [2.24, 2.45) is 0 Å². The smallest absolute Gasteiger partial charge is 0.264 e. The van der Waals surface area contributed by atoms with Crippen molar-refractivity contribution in [1.82, 2.24) is 4.98 Å². The van der Waals surface area contributed by atoms with E-state index in [-0.39, 0.29) is 10.9 Å². The SMILES string of the molecule is CC(=O)Nc1csc([C]=O)n1. The molecule has 1 aromatic rings. The highest BCUT2D eigenvalue weighted by Crippen LogP contribution is 2.11. The molecule has 0 bridgehead atoms. The third-order valence-electron chi connectivity index (χ3n) is 0.896. The highest BCUT2D eigenvalue weighted by molar-refractivity contribution is 7.11. The molecule has 1 heterocycles. The molecule has 4 nitrogen and oxygen atoms in total. The Balaban J connectivity index is 2.72. The van der Waals surface area contributed by atoms with Crippen LogP contribution in [0, 0.1) is 0 Å². The van der Waals surface area contributed by atoms with E-state index in [1.54, 1.807) is 11.7 Å². The van der Waals surface area contributed by atoms with Crippen LogP contribution in [0.2, 0.25) is 0 Å². The summed E-state index contributed by atoms with van der Waals surface area (Å²) in [5.41, 5.74) is 0. The fourth-order valence-electron chi connectivity index (χ4n) is 0.558. The Morgan fingerprint density at radius 3 is 3.00 bits per heavy atom. The molecule has 0 fully saturated rings. The number of nitrogens with one attached hydrogen (secondary N) is 1. The van der Waals surface area contributed by atoms with E-state index in [2.05, 4.69) is 10.3 Å². The minimum Gasteiger partial charge on any atom is -0.310 e. The first-order valence-corrected chi connectivity index (χ1v) is 3.71. The summed E-state index contributed by atoms with van der Waals surface area (Å²) in [7, 11) is 0. The van der Waals surface area contributed by atoms with Crippen LogP contribution in [0.3, 0.4) is 0 Å². The molecule has 1 radical (unpaired) electrons. The van der Waals surface area contributed by atoms with E-state index in [4.69, 9.17) is 0 Å². The molecule has 1 amide bonds. The zero-order chi connectivity index (χ0) is 8.27. The van der Waals surface area contributed by atoms with Gasteiger partial charge < -0.3 is 5.32 Å². The van der Waals surface area contributed by atoms with Gasteiger partial charge in [-0.1, -0.05) is 0 Å². The summed E-state index contributed by atoms with van der Waals surface area (Å²) in [6.07, 6.45) is 1.63. The lowest BCUT2D eigenvalue weighted by Crippen LogP contribution is -2.05. The summed E-state index contributed by atoms with van der Waals surface area (Å²) < 4.78 is 0. The summed E-state index contributed by atoms with van der Waals surface area (Å²) in [6, 6.07) is 0. The highest BCUT2D eigenvalue weighted by atomic mass is 32.1. The number of hydrogen-bond acceptors (Lipinski definition) is 4. The Labute approximate surface area is 67.3 Å². The summed E-state index contributed by atoms with van der Waals surface area (Å²) in [5.74, 6) is 0.202. The van der Waals surface area contributed by atoms with Gasteiger partial charge in [0.2, 0.25) is 5.91 Å². The first kappa shape index (κ1) is 7.87. The van der Waals surface area contributed by atoms with Crippen molar-refractivity contribution >= 4 is 29.3 Å². The van der Waals surface area contributed by atoms with Crippen LogP contribution in [0.1, 0.15) is 11.9 Å². The number of aromatic nitrogens is 1. The number of hydrogen-bond donors (Lipinski definition) is 1. The molecule has 0 unspecified atom stereocenters. The molecule has 1 rings (SSSR count). The van der Waals surface area contributed by atoms with E-state index < -0.39 is 0 Å². The predicted molar refractivity (Wildman–Crippen MR) is 41.2 cm³/mol. The van der Waals surface area contributed by atoms with Gasteiger partial charge >= 0.3 is 0 Å². The first-order chi connectivity index (χ1) is 5.22.